The molecule has 1 aliphatic heterocycles. The van der Waals surface area contributed by atoms with Crippen LogP contribution in [0.2, 0.25) is 0 Å². The highest BCUT2D eigenvalue weighted by Gasteiger charge is 2.23. The summed E-state index contributed by atoms with van der Waals surface area (Å²) in [4.78, 5) is 12.9. The molecule has 98 valence electrons. The molecule has 2 rings (SSSR count). The van der Waals surface area contributed by atoms with E-state index in [-0.39, 0.29) is 6.54 Å². The van der Waals surface area contributed by atoms with Crippen molar-refractivity contribution in [3.05, 3.63) is 35.9 Å². The Hall–Kier alpha value is -1.39. The van der Waals surface area contributed by atoms with Gasteiger partial charge < -0.3 is 10.4 Å². The fourth-order valence-electron chi connectivity index (χ4n) is 2.50. The van der Waals surface area contributed by atoms with Crippen LogP contribution in [0.4, 0.5) is 0 Å². The number of hydrogen-bond acceptors (Lipinski definition) is 3. The number of likely N-dealkylation sites (tertiary alicyclic amines) is 1. The van der Waals surface area contributed by atoms with Crippen molar-refractivity contribution in [2.75, 3.05) is 19.6 Å². The number of benzene rings is 1. The van der Waals surface area contributed by atoms with Crippen molar-refractivity contribution < 1.29 is 9.90 Å². The lowest BCUT2D eigenvalue weighted by Crippen LogP contribution is -2.39. The second kappa shape index (κ2) is 6.52. The molecule has 1 aromatic carbocycles. The Morgan fingerprint density at radius 2 is 2.17 bits per heavy atom. The Morgan fingerprint density at radius 1 is 1.39 bits per heavy atom. The topological polar surface area (TPSA) is 52.6 Å². The normalized spacial score (nSPS) is 20.1. The first-order chi connectivity index (χ1) is 8.75. The standard InChI is InChI=1S/C14H20N2O2/c17-14(18)10-15-9-13-7-4-8-16(13)11-12-5-2-1-3-6-12/h1-3,5-6,13,15H,4,7-11H2,(H,17,18)/t13-/m0/s1. The Labute approximate surface area is 108 Å². The molecule has 1 fully saturated rings. The molecule has 0 amide bonds. The average Bonchev–Trinajstić information content (AvgIpc) is 2.78. The van der Waals surface area contributed by atoms with E-state index < -0.39 is 5.97 Å². The number of nitrogens with one attached hydrogen (secondary N) is 1. The molecule has 0 aliphatic carbocycles. The van der Waals surface area contributed by atoms with Crippen molar-refractivity contribution in [3.8, 4) is 0 Å². The van der Waals surface area contributed by atoms with Crippen LogP contribution >= 0.6 is 0 Å². The molecular formula is C14H20N2O2. The van der Waals surface area contributed by atoms with Gasteiger partial charge in [-0.2, -0.15) is 0 Å². The first kappa shape index (κ1) is 13.1. The largest absolute Gasteiger partial charge is 0.480 e. The highest BCUT2D eigenvalue weighted by molar-refractivity contribution is 5.68. The summed E-state index contributed by atoms with van der Waals surface area (Å²) in [6.45, 7) is 2.88. The number of hydrogen-bond donors (Lipinski definition) is 2. The summed E-state index contributed by atoms with van der Waals surface area (Å²) in [5.74, 6) is -0.789. The van der Waals surface area contributed by atoms with Crippen molar-refractivity contribution in [2.45, 2.75) is 25.4 Å². The molecule has 1 saturated heterocycles. The molecule has 0 bridgehead atoms. The second-order valence-corrected chi connectivity index (χ2v) is 4.78. The van der Waals surface area contributed by atoms with Gasteiger partial charge in [0.05, 0.1) is 6.54 Å². The van der Waals surface area contributed by atoms with Gasteiger partial charge >= 0.3 is 5.97 Å². The molecule has 1 aromatic rings. The van der Waals surface area contributed by atoms with E-state index in [1.165, 1.54) is 12.0 Å². The van der Waals surface area contributed by atoms with Crippen LogP contribution in [0.3, 0.4) is 0 Å². The van der Waals surface area contributed by atoms with Gasteiger partial charge in [-0.25, -0.2) is 0 Å². The first-order valence-electron chi connectivity index (χ1n) is 6.46. The highest BCUT2D eigenvalue weighted by Crippen LogP contribution is 2.19. The lowest BCUT2D eigenvalue weighted by atomic mass is 10.2. The predicted molar refractivity (Wildman–Crippen MR) is 70.4 cm³/mol. The minimum atomic E-state index is -0.789. The van der Waals surface area contributed by atoms with Crippen LogP contribution in [0.25, 0.3) is 0 Å². The van der Waals surface area contributed by atoms with Crippen LogP contribution in [-0.4, -0.2) is 41.7 Å². The van der Waals surface area contributed by atoms with Gasteiger partial charge in [-0.3, -0.25) is 9.69 Å². The number of carboxylic acid groups (broad SMARTS) is 1. The summed E-state index contributed by atoms with van der Waals surface area (Å²) in [7, 11) is 0. The smallest absolute Gasteiger partial charge is 0.317 e. The molecule has 4 nitrogen and oxygen atoms in total. The predicted octanol–water partition coefficient (Wildman–Crippen LogP) is 1.33. The molecular weight excluding hydrogens is 228 g/mol. The van der Waals surface area contributed by atoms with Gasteiger partial charge in [-0.15, -0.1) is 0 Å². The molecule has 0 spiro atoms. The molecule has 2 N–H and O–H groups in total. The fourth-order valence-corrected chi connectivity index (χ4v) is 2.50. The van der Waals surface area contributed by atoms with Crippen molar-refractivity contribution in [1.29, 1.82) is 0 Å². The fraction of sp³-hybridized carbons (Fsp3) is 0.500. The number of nitrogens with zero attached hydrogens (tertiary/aromatic N) is 1. The maximum absolute atomic E-state index is 10.5. The van der Waals surface area contributed by atoms with Gasteiger partial charge in [-0.05, 0) is 24.9 Å². The van der Waals surface area contributed by atoms with E-state index in [0.717, 1.165) is 26.1 Å². The third kappa shape index (κ3) is 3.82. The van der Waals surface area contributed by atoms with Gasteiger partial charge in [-0.1, -0.05) is 30.3 Å². The summed E-state index contributed by atoms with van der Waals surface area (Å²) in [5.41, 5.74) is 1.32. The lowest BCUT2D eigenvalue weighted by molar-refractivity contribution is -0.136. The van der Waals surface area contributed by atoms with Crippen molar-refractivity contribution >= 4 is 5.97 Å². The summed E-state index contributed by atoms with van der Waals surface area (Å²) in [6, 6.07) is 10.9. The number of carboxylic acids is 1. The Kier molecular flexibility index (Phi) is 4.73. The zero-order chi connectivity index (χ0) is 12.8. The quantitative estimate of drug-likeness (QED) is 0.797. The lowest BCUT2D eigenvalue weighted by Gasteiger charge is -2.24. The van der Waals surface area contributed by atoms with Crippen LogP contribution in [0.1, 0.15) is 18.4 Å². The SMILES string of the molecule is O=C(O)CNC[C@@H]1CCCN1Cc1ccccc1. The van der Waals surface area contributed by atoms with Gasteiger partial charge in [0.2, 0.25) is 0 Å². The van der Waals surface area contributed by atoms with Crippen LogP contribution < -0.4 is 5.32 Å². The Morgan fingerprint density at radius 3 is 2.89 bits per heavy atom. The van der Waals surface area contributed by atoms with Crippen LogP contribution in [-0.2, 0) is 11.3 Å². The molecule has 0 saturated carbocycles. The maximum Gasteiger partial charge on any atom is 0.317 e. The second-order valence-electron chi connectivity index (χ2n) is 4.78. The molecule has 1 atom stereocenters. The van der Waals surface area contributed by atoms with E-state index >= 15 is 0 Å². The van der Waals surface area contributed by atoms with E-state index in [1.807, 2.05) is 6.07 Å². The molecule has 1 heterocycles. The maximum atomic E-state index is 10.5. The molecule has 0 radical (unpaired) electrons. The molecule has 4 heteroatoms. The van der Waals surface area contributed by atoms with E-state index in [0.29, 0.717) is 6.04 Å². The van der Waals surface area contributed by atoms with E-state index in [4.69, 9.17) is 5.11 Å². The van der Waals surface area contributed by atoms with Crippen LogP contribution in [0, 0.1) is 0 Å². The monoisotopic (exact) mass is 248 g/mol. The van der Waals surface area contributed by atoms with Gasteiger partial charge in [0.15, 0.2) is 0 Å². The highest BCUT2D eigenvalue weighted by atomic mass is 16.4. The molecule has 18 heavy (non-hydrogen) atoms. The zero-order valence-electron chi connectivity index (χ0n) is 10.5. The summed E-state index contributed by atoms with van der Waals surface area (Å²) >= 11 is 0. The van der Waals surface area contributed by atoms with Gasteiger partial charge in [0.1, 0.15) is 0 Å². The summed E-state index contributed by atoms with van der Waals surface area (Å²) in [6.07, 6.45) is 2.35. The van der Waals surface area contributed by atoms with Crippen molar-refractivity contribution in [2.24, 2.45) is 0 Å². The van der Waals surface area contributed by atoms with Crippen LogP contribution in [0.15, 0.2) is 30.3 Å². The Balaban J connectivity index is 1.82. The summed E-state index contributed by atoms with van der Waals surface area (Å²) < 4.78 is 0. The van der Waals surface area contributed by atoms with Crippen LogP contribution in [0.5, 0.6) is 0 Å². The van der Waals surface area contributed by atoms with Gasteiger partial charge in [0.25, 0.3) is 0 Å². The van der Waals surface area contributed by atoms with Crippen molar-refractivity contribution in [1.82, 2.24) is 10.2 Å². The van der Waals surface area contributed by atoms with Crippen molar-refractivity contribution in [3.63, 3.8) is 0 Å². The van der Waals surface area contributed by atoms with E-state index in [1.54, 1.807) is 0 Å². The number of carbonyl (C=O) groups is 1. The minimum Gasteiger partial charge on any atom is -0.480 e. The average molecular weight is 248 g/mol. The third-order valence-corrected chi connectivity index (χ3v) is 3.38. The molecule has 1 aliphatic rings. The third-order valence-electron chi connectivity index (χ3n) is 3.38. The van der Waals surface area contributed by atoms with E-state index in [2.05, 4.69) is 34.5 Å². The first-order valence-corrected chi connectivity index (χ1v) is 6.46. The van der Waals surface area contributed by atoms with E-state index in [9.17, 15) is 4.79 Å². The molecule has 0 unspecified atom stereocenters. The van der Waals surface area contributed by atoms with Gasteiger partial charge in [0, 0.05) is 19.1 Å². The summed E-state index contributed by atoms with van der Waals surface area (Å²) in [5, 5.41) is 11.6. The Bertz CT molecular complexity index is 381. The number of aliphatic carboxylic acids is 1. The zero-order valence-corrected chi connectivity index (χ0v) is 10.5. The molecule has 0 aromatic heterocycles. The number of rotatable bonds is 6. The minimum absolute atomic E-state index is 0.0513.